The fraction of sp³-hybridized carbons (Fsp3) is 0.333. The summed E-state index contributed by atoms with van der Waals surface area (Å²) in [6.45, 7) is -0.750. The van der Waals surface area contributed by atoms with Gasteiger partial charge in [-0.25, -0.2) is 19.2 Å². The number of aliphatic carboxylic acids is 3. The first-order valence-electron chi connectivity index (χ1n) is 8.41. The van der Waals surface area contributed by atoms with Gasteiger partial charge in [0.15, 0.2) is 0 Å². The Kier molecular flexibility index (Phi) is 383. The number of carboxylic acids is 3. The molecule has 0 aliphatic heterocycles. The van der Waals surface area contributed by atoms with Gasteiger partial charge in [-0.15, -0.1) is 0 Å². The van der Waals surface area contributed by atoms with Crippen molar-refractivity contribution in [2.24, 2.45) is 0 Å². The average Bonchev–Trinajstić information content (AvgIpc) is 2.86. The van der Waals surface area contributed by atoms with Crippen molar-refractivity contribution in [2.75, 3.05) is 21.3 Å². The largest absolute Gasteiger partial charge is 2.00 e. The number of hydrogen-bond acceptors (Lipinski definition) is 20. The summed E-state index contributed by atoms with van der Waals surface area (Å²) in [7, 11) is 3.48. The van der Waals surface area contributed by atoms with Crippen molar-refractivity contribution in [3.8, 4) is 0 Å². The van der Waals surface area contributed by atoms with Crippen molar-refractivity contribution in [3.63, 3.8) is 0 Å². The predicted molar refractivity (Wildman–Crippen MR) is 181 cm³/mol. The molecule has 0 saturated carbocycles. The minimum Gasteiger partial charge on any atom is -0.870 e. The first-order valence-corrected chi connectivity index (χ1v) is 8.41. The Hall–Kier alpha value is -2.21. The van der Waals surface area contributed by atoms with Crippen LogP contribution in [0, 0.1) is 0 Å². The van der Waals surface area contributed by atoms with Gasteiger partial charge in [0.2, 0.25) is 0 Å². The normalized spacial score (nSPS) is 5.65. The van der Waals surface area contributed by atoms with Gasteiger partial charge in [-0.1, -0.05) is 37.1 Å². The zero-order valence-electron chi connectivity index (χ0n) is 25.8. The molecule has 0 saturated heterocycles. The second-order valence-corrected chi connectivity index (χ2v) is 4.08. The fourth-order valence-corrected chi connectivity index (χ4v) is 0.616. The third-order valence-corrected chi connectivity index (χ3v) is 1.68. The smallest absolute Gasteiger partial charge is 0.870 e. The molecular formula is C24H52O28Sr3. The van der Waals surface area contributed by atoms with Gasteiger partial charge in [0.25, 0.3) is 6.47 Å². The summed E-state index contributed by atoms with van der Waals surface area (Å²) in [4.78, 5) is 101. The molecule has 0 bridgehead atoms. The minimum absolute atomic E-state index is 0. The monoisotopic (exact) mass is 1050 g/mol. The Labute approximate surface area is 427 Å². The van der Waals surface area contributed by atoms with Crippen molar-refractivity contribution in [2.45, 2.75) is 37.1 Å². The summed E-state index contributed by atoms with van der Waals surface area (Å²) in [6.07, 6.45) is 2.22. The molecule has 0 heterocycles. The first kappa shape index (κ1) is 149. The Bertz CT molecular complexity index is 807. The molecule has 0 aromatic heterocycles. The van der Waals surface area contributed by atoms with Gasteiger partial charge in [-0.05, 0) is 18.3 Å². The van der Waals surface area contributed by atoms with E-state index < -0.39 is 48.4 Å². The molecule has 0 rings (SSSR count). The number of carbonyl (C=O) groups excluding carboxylic acids is 9. The van der Waals surface area contributed by atoms with Gasteiger partial charge in [-0.3, -0.25) is 4.79 Å². The summed E-state index contributed by atoms with van der Waals surface area (Å²) in [6, 6.07) is 0. The van der Waals surface area contributed by atoms with Crippen molar-refractivity contribution < 1.29 is 141 Å². The van der Waals surface area contributed by atoms with Crippen molar-refractivity contribution in [1.29, 1.82) is 0 Å². The van der Waals surface area contributed by atoms with Gasteiger partial charge in [0.05, 0.1) is 33.3 Å². The molecule has 0 fully saturated rings. The molecule has 0 aromatic rings. The summed E-state index contributed by atoms with van der Waals surface area (Å²) < 4.78 is 12.3. The van der Waals surface area contributed by atoms with Gasteiger partial charge >= 0.3 is 166 Å². The van der Waals surface area contributed by atoms with E-state index in [1.54, 1.807) is 0 Å². The Morgan fingerprint density at radius 1 is 0.527 bits per heavy atom. The maximum atomic E-state index is 10.1. The third-order valence-electron chi connectivity index (χ3n) is 1.68. The number of rotatable bonds is 6. The molecule has 0 radical (unpaired) electrons. The molecule has 31 heteroatoms. The van der Waals surface area contributed by atoms with E-state index in [4.69, 9.17) is 49.5 Å². The molecule has 322 valence electrons. The Morgan fingerprint density at radius 3 is 0.745 bits per heavy atom. The van der Waals surface area contributed by atoms with Crippen LogP contribution in [-0.4, -0.2) is 267 Å². The predicted octanol–water partition coefficient (Wildman–Crippen LogP) is -11.3. The second kappa shape index (κ2) is 141. The van der Waals surface area contributed by atoms with Crippen LogP contribution in [0.3, 0.4) is 0 Å². The van der Waals surface area contributed by atoms with Gasteiger partial charge in [0.1, 0.15) is 0 Å². The Morgan fingerprint density at radius 2 is 0.655 bits per heavy atom. The van der Waals surface area contributed by atoms with Crippen LogP contribution < -0.4 is 25.5 Å². The van der Waals surface area contributed by atoms with E-state index in [9.17, 15) is 39.0 Å². The zero-order chi connectivity index (χ0) is 33.5. The fourth-order valence-electron chi connectivity index (χ4n) is 0.616. The first-order chi connectivity index (χ1) is 18.5. The third kappa shape index (κ3) is 364. The zero-order valence-corrected chi connectivity index (χ0v) is 36.3. The number of ether oxygens (including phenoxy) is 3. The summed E-state index contributed by atoms with van der Waals surface area (Å²) in [5.41, 5.74) is 0. The molecule has 0 aliphatic carbocycles. The molecule has 0 amide bonds. The molecule has 0 spiro atoms. The van der Waals surface area contributed by atoms with E-state index in [2.05, 4.69) is 14.2 Å². The Balaban J connectivity index is -0.0000000115. The summed E-state index contributed by atoms with van der Waals surface area (Å²) in [5, 5.41) is 59.0. The van der Waals surface area contributed by atoms with E-state index in [1.165, 1.54) is 7.11 Å². The molecule has 0 aromatic carbocycles. The van der Waals surface area contributed by atoms with E-state index in [-0.39, 0.29) is 225 Å². The molecule has 28 nitrogen and oxygen atoms in total. The number of carbonyl (C=O) groups is 9. The van der Waals surface area contributed by atoms with Gasteiger partial charge in [-0.2, -0.15) is 9.59 Å². The van der Waals surface area contributed by atoms with Crippen LogP contribution in [0.1, 0.15) is 37.1 Å². The molecule has 0 unspecified atom stereocenters. The maximum Gasteiger partial charge on any atom is 2.00 e. The summed E-state index contributed by atoms with van der Waals surface area (Å²) in [5.74, 6) is -6.09. The van der Waals surface area contributed by atoms with Gasteiger partial charge in [0, 0.05) is 30.8 Å². The number of methoxy groups -OCH3 is 3. The average molecular weight is 1050 g/mol. The van der Waals surface area contributed by atoms with Crippen molar-refractivity contribution in [1.82, 2.24) is 0 Å². The molecule has 0 atom stereocenters. The van der Waals surface area contributed by atoms with Crippen LogP contribution in [0.2, 0.25) is 0 Å². The standard InChI is InChI=1S/3C5H6O4.CH2O3.2CH2O2.CO2.5CH4.7H2O.3Sr/c3*1-9-5(8)3-2-4(6)7;2-1(3)4;3*2-1-3;;;;;;;;;;;;;;;/h3*2-3H,1H3,(H,6,7);(H2,2,3,4);2*1H,(H,2,3);;5*1H4;7*1H2;;;/q;;;;;;;;;;;;;;;;;;;3*+2/p-6/b3*3-2+;;;;;;;;;;;;;;;;;;;. The molecule has 55 heavy (non-hydrogen) atoms. The second-order valence-electron chi connectivity index (χ2n) is 4.08. The van der Waals surface area contributed by atoms with Gasteiger partial charge < -0.3 is 107 Å². The van der Waals surface area contributed by atoms with Crippen molar-refractivity contribution in [3.05, 3.63) is 36.5 Å². The van der Waals surface area contributed by atoms with E-state index in [0.717, 1.165) is 32.4 Å². The molecule has 15 N–H and O–H groups in total. The molecule has 0 aliphatic rings. The quantitative estimate of drug-likeness (QED) is 0.0820. The van der Waals surface area contributed by atoms with Crippen LogP contribution in [0.15, 0.2) is 36.5 Å². The van der Waals surface area contributed by atoms with Crippen LogP contribution in [0.25, 0.3) is 0 Å². The number of hydrogen-bond donors (Lipinski definition) is 2. The van der Waals surface area contributed by atoms with Crippen LogP contribution in [-0.2, 0) is 62.2 Å². The molecular weight excluding hydrogens is 999 g/mol. The topological polar surface area (TPSA) is 590 Å². The van der Waals surface area contributed by atoms with Crippen LogP contribution in [0.4, 0.5) is 4.79 Å². The number of esters is 3. The minimum atomic E-state index is -2.33. The van der Waals surface area contributed by atoms with E-state index in [1.807, 2.05) is 0 Å². The van der Waals surface area contributed by atoms with E-state index >= 15 is 0 Å². The maximum absolute atomic E-state index is 10.1. The summed E-state index contributed by atoms with van der Waals surface area (Å²) >= 11 is 0. The van der Waals surface area contributed by atoms with Crippen LogP contribution >= 0.6 is 0 Å². The number of carboxylic acid groups (broad SMARTS) is 7. The SMILES string of the molecule is C.C.C.C.C.COC(=O)/C=C/C(=O)O.COC(=O)/C=C/C(=O)[O-].COC(=O)/C=C/C(=O)[O-].O.O.O.O.O.O.O=C([O-])[O-].O=C=O.O=CO.O=C[O-].[OH-].[Sr+2].[Sr+2].[Sr+2]. The van der Waals surface area contributed by atoms with Crippen LogP contribution in [0.5, 0.6) is 0 Å². The van der Waals surface area contributed by atoms with E-state index in [0.29, 0.717) is 18.2 Å². The van der Waals surface area contributed by atoms with Crippen molar-refractivity contribution >= 4 is 198 Å².